The molecule has 10 nitrogen and oxygen atoms in total. The van der Waals surface area contributed by atoms with Crippen LogP contribution in [0.15, 0.2) is 54.7 Å². The number of aromatic nitrogens is 2. The van der Waals surface area contributed by atoms with Crippen LogP contribution >= 0.6 is 24.8 Å². The van der Waals surface area contributed by atoms with Crippen LogP contribution in [-0.2, 0) is 23.6 Å². The Hall–Kier alpha value is -2.99. The summed E-state index contributed by atoms with van der Waals surface area (Å²) in [7, 11) is -1.44. The molecule has 1 aromatic heterocycles. The number of rotatable bonds is 11. The van der Waals surface area contributed by atoms with Gasteiger partial charge in [-0.3, -0.25) is 14.3 Å². The second-order valence-corrected chi connectivity index (χ2v) is 12.1. The van der Waals surface area contributed by atoms with E-state index in [4.69, 9.17) is 4.74 Å². The van der Waals surface area contributed by atoms with E-state index in [0.29, 0.717) is 17.2 Å². The largest absolute Gasteiger partial charge is 0.457 e. The third-order valence-corrected chi connectivity index (χ3v) is 7.82. The number of sulfonamides is 1. The van der Waals surface area contributed by atoms with Crippen LogP contribution in [0.1, 0.15) is 43.9 Å². The Kier molecular flexibility index (Phi) is 13.4. The smallest absolute Gasteiger partial charge is 0.322 e. The minimum absolute atomic E-state index is 0. The molecule has 0 bridgehead atoms. The van der Waals surface area contributed by atoms with Crippen molar-refractivity contribution in [1.29, 1.82) is 0 Å². The molecule has 0 spiro atoms. The van der Waals surface area contributed by atoms with Crippen LogP contribution in [0.3, 0.4) is 0 Å². The zero-order valence-electron chi connectivity index (χ0n) is 24.6. The number of benzene rings is 2. The molecule has 1 saturated heterocycles. The second-order valence-electron chi connectivity index (χ2n) is 10.4. The summed E-state index contributed by atoms with van der Waals surface area (Å²) in [4.78, 5) is 17.7. The van der Waals surface area contributed by atoms with E-state index in [2.05, 4.69) is 39.1 Å². The lowest BCUT2D eigenvalue weighted by molar-refractivity contribution is 0.122. The molecule has 42 heavy (non-hydrogen) atoms. The van der Waals surface area contributed by atoms with E-state index in [1.54, 1.807) is 35.1 Å². The number of likely N-dealkylation sites (tertiary alicyclic amines) is 1. The standard InChI is InChI=1S/C29H40N6O4S.2ClH/c1-5-6-17-35(29(36)31-28-20-30-33(3)22(28)2)25-15-18-34(19-16-25)21-23-7-11-26(12-8-23)39-27-13-9-24(10-14-27)32-40(4,37)38;;/h7-14,20,25,32H,5-6,15-19,21H2,1-4H3,(H,31,36);2*1H. The number of nitrogens with zero attached hydrogens (tertiary/aromatic N) is 4. The maximum atomic E-state index is 13.2. The van der Waals surface area contributed by atoms with Crippen molar-refractivity contribution in [3.05, 3.63) is 66.0 Å². The summed E-state index contributed by atoms with van der Waals surface area (Å²) in [6.07, 6.45) is 6.73. The van der Waals surface area contributed by atoms with Crippen LogP contribution in [-0.4, -0.2) is 66.0 Å². The van der Waals surface area contributed by atoms with E-state index >= 15 is 0 Å². The number of aryl methyl sites for hydroxylation is 1. The van der Waals surface area contributed by atoms with Gasteiger partial charge in [0.25, 0.3) is 0 Å². The highest BCUT2D eigenvalue weighted by atomic mass is 35.5. The Bertz CT molecular complexity index is 1380. The van der Waals surface area contributed by atoms with Crippen LogP contribution in [0.2, 0.25) is 0 Å². The lowest BCUT2D eigenvalue weighted by atomic mass is 10.0. The van der Waals surface area contributed by atoms with Gasteiger partial charge in [0.1, 0.15) is 11.5 Å². The van der Waals surface area contributed by atoms with Crippen molar-refractivity contribution in [2.75, 3.05) is 35.9 Å². The van der Waals surface area contributed by atoms with Crippen LogP contribution < -0.4 is 14.8 Å². The van der Waals surface area contributed by atoms with Gasteiger partial charge < -0.3 is 15.0 Å². The Balaban J connectivity index is 0.00000308. The van der Waals surface area contributed by atoms with Crippen molar-refractivity contribution in [2.24, 2.45) is 7.05 Å². The Morgan fingerprint density at radius 3 is 2.17 bits per heavy atom. The average Bonchev–Trinajstić information content (AvgIpc) is 3.23. The minimum Gasteiger partial charge on any atom is -0.457 e. The fourth-order valence-electron chi connectivity index (χ4n) is 4.84. The highest BCUT2D eigenvalue weighted by Gasteiger charge is 2.28. The molecule has 1 aliphatic rings. The predicted octanol–water partition coefficient (Wildman–Crippen LogP) is 6.03. The molecule has 0 saturated carbocycles. The quantitative estimate of drug-likeness (QED) is 0.265. The number of urea groups is 1. The van der Waals surface area contributed by atoms with E-state index < -0.39 is 10.0 Å². The van der Waals surface area contributed by atoms with E-state index in [1.807, 2.05) is 31.0 Å². The number of carbonyl (C=O) groups is 1. The number of hydrogen-bond donors (Lipinski definition) is 2. The monoisotopic (exact) mass is 640 g/mol. The maximum absolute atomic E-state index is 13.2. The number of anilines is 2. The first-order valence-corrected chi connectivity index (χ1v) is 15.6. The van der Waals surface area contributed by atoms with Gasteiger partial charge in [-0.2, -0.15) is 5.10 Å². The average molecular weight is 642 g/mol. The third kappa shape index (κ3) is 10.1. The molecule has 232 valence electrons. The first-order valence-electron chi connectivity index (χ1n) is 13.7. The molecule has 0 unspecified atom stereocenters. The van der Waals surface area contributed by atoms with Gasteiger partial charge in [0.15, 0.2) is 0 Å². The van der Waals surface area contributed by atoms with E-state index in [-0.39, 0.29) is 36.9 Å². The van der Waals surface area contributed by atoms with Gasteiger partial charge in [-0.1, -0.05) is 25.5 Å². The number of amides is 2. The zero-order valence-corrected chi connectivity index (χ0v) is 27.0. The predicted molar refractivity (Wildman–Crippen MR) is 173 cm³/mol. The van der Waals surface area contributed by atoms with E-state index in [1.165, 1.54) is 5.56 Å². The van der Waals surface area contributed by atoms with Gasteiger partial charge >= 0.3 is 6.03 Å². The Morgan fingerprint density at radius 2 is 1.64 bits per heavy atom. The van der Waals surface area contributed by atoms with Crippen LogP contribution in [0, 0.1) is 6.92 Å². The highest BCUT2D eigenvalue weighted by Crippen LogP contribution is 2.25. The van der Waals surface area contributed by atoms with Crippen molar-refractivity contribution in [3.8, 4) is 11.5 Å². The highest BCUT2D eigenvalue weighted by molar-refractivity contribution is 7.92. The van der Waals surface area contributed by atoms with Gasteiger partial charge in [-0.25, -0.2) is 13.2 Å². The molecule has 2 N–H and O–H groups in total. The molecule has 2 aromatic carbocycles. The zero-order chi connectivity index (χ0) is 28.7. The molecule has 2 heterocycles. The van der Waals surface area contributed by atoms with Crippen molar-refractivity contribution < 1.29 is 17.9 Å². The van der Waals surface area contributed by atoms with Crippen LogP contribution in [0.5, 0.6) is 11.5 Å². The first kappa shape index (κ1) is 35.2. The van der Waals surface area contributed by atoms with Crippen molar-refractivity contribution in [1.82, 2.24) is 19.6 Å². The van der Waals surface area contributed by atoms with Crippen molar-refractivity contribution in [2.45, 2.75) is 52.1 Å². The number of unbranched alkanes of at least 4 members (excludes halogenated alkanes) is 1. The molecule has 0 radical (unpaired) electrons. The molecular formula is C29H42Cl2N6O4S. The Labute approximate surface area is 261 Å². The topological polar surface area (TPSA) is 109 Å². The number of carbonyl (C=O) groups excluding carboxylic acids is 1. The minimum atomic E-state index is -3.31. The van der Waals surface area contributed by atoms with Crippen molar-refractivity contribution in [3.63, 3.8) is 0 Å². The number of ether oxygens (including phenoxy) is 1. The molecule has 0 aliphatic carbocycles. The molecule has 1 aliphatic heterocycles. The van der Waals surface area contributed by atoms with Gasteiger partial charge in [0, 0.05) is 45.0 Å². The van der Waals surface area contributed by atoms with Gasteiger partial charge in [-0.05, 0) is 68.1 Å². The molecule has 2 amide bonds. The number of hydrogen-bond acceptors (Lipinski definition) is 6. The molecule has 0 atom stereocenters. The fraction of sp³-hybridized carbons (Fsp3) is 0.448. The molecule has 3 aromatic rings. The first-order chi connectivity index (χ1) is 19.1. The van der Waals surface area contributed by atoms with Crippen LogP contribution in [0.25, 0.3) is 0 Å². The lowest BCUT2D eigenvalue weighted by Gasteiger charge is -2.38. The van der Waals surface area contributed by atoms with Gasteiger partial charge in [0.05, 0.1) is 23.8 Å². The maximum Gasteiger partial charge on any atom is 0.322 e. The molecule has 1 fully saturated rings. The van der Waals surface area contributed by atoms with Gasteiger partial charge in [0.2, 0.25) is 10.0 Å². The van der Waals surface area contributed by atoms with Crippen LogP contribution in [0.4, 0.5) is 16.2 Å². The summed E-state index contributed by atoms with van der Waals surface area (Å²) in [6, 6.07) is 15.0. The van der Waals surface area contributed by atoms with Crippen molar-refractivity contribution >= 4 is 52.2 Å². The van der Waals surface area contributed by atoms with Gasteiger partial charge in [-0.15, -0.1) is 24.8 Å². The SMILES string of the molecule is CCCCN(C(=O)Nc1cnn(C)c1C)C1CCN(Cc2ccc(Oc3ccc(NS(C)(=O)=O)cc3)cc2)CC1.Cl.Cl. The number of nitrogens with one attached hydrogen (secondary N) is 2. The summed E-state index contributed by atoms with van der Waals surface area (Å²) in [6.45, 7) is 7.56. The lowest BCUT2D eigenvalue weighted by Crippen LogP contribution is -2.49. The molecular weight excluding hydrogens is 599 g/mol. The Morgan fingerprint density at radius 1 is 1.05 bits per heavy atom. The summed E-state index contributed by atoms with van der Waals surface area (Å²) in [5.41, 5.74) is 3.40. The number of piperidine rings is 1. The molecule has 4 rings (SSSR count). The normalized spacial score (nSPS) is 13.9. The second kappa shape index (κ2) is 16.0. The summed E-state index contributed by atoms with van der Waals surface area (Å²) in [5.74, 6) is 1.34. The third-order valence-electron chi connectivity index (χ3n) is 7.21. The summed E-state index contributed by atoms with van der Waals surface area (Å²) >= 11 is 0. The van der Waals surface area contributed by atoms with E-state index in [0.717, 1.165) is 69.5 Å². The summed E-state index contributed by atoms with van der Waals surface area (Å²) < 4.78 is 32.9. The number of halogens is 2. The molecule has 13 heteroatoms. The van der Waals surface area contributed by atoms with E-state index in [9.17, 15) is 13.2 Å². The fourth-order valence-corrected chi connectivity index (χ4v) is 5.40. The summed E-state index contributed by atoms with van der Waals surface area (Å²) in [5, 5.41) is 7.31.